The monoisotopic (exact) mass is 450 g/mol. The number of fused-ring (bicyclic) bond motifs is 1. The van der Waals surface area contributed by atoms with E-state index in [4.69, 9.17) is 0 Å². The Morgan fingerprint density at radius 3 is 2.94 bits per heavy atom. The average Bonchev–Trinajstić information content (AvgIpc) is 2.91. The quantitative estimate of drug-likeness (QED) is 0.667. The fourth-order valence-electron chi connectivity index (χ4n) is 4.98. The predicted octanol–water partition coefficient (Wildman–Crippen LogP) is 4.61. The van der Waals surface area contributed by atoms with E-state index >= 15 is 0 Å². The first kappa shape index (κ1) is 23.4. The molecule has 4 rings (SSSR count). The van der Waals surface area contributed by atoms with Crippen LogP contribution in [0.4, 0.5) is 4.39 Å². The number of likely N-dealkylation sites (tertiary alicyclic amines) is 1. The molecule has 3 heterocycles. The van der Waals surface area contributed by atoms with Crippen LogP contribution in [0, 0.1) is 0 Å². The van der Waals surface area contributed by atoms with Crippen molar-refractivity contribution in [1.82, 2.24) is 15.1 Å². The van der Waals surface area contributed by atoms with Gasteiger partial charge in [0.1, 0.15) is 0 Å². The summed E-state index contributed by atoms with van der Waals surface area (Å²) in [6.45, 7) is 10.3. The van der Waals surface area contributed by atoms with E-state index < -0.39 is 0 Å². The Morgan fingerprint density at radius 2 is 2.15 bits per heavy atom. The van der Waals surface area contributed by atoms with Gasteiger partial charge in [-0.15, -0.1) is 0 Å². The first-order chi connectivity index (χ1) is 15.8. The van der Waals surface area contributed by atoms with Gasteiger partial charge in [0.25, 0.3) is 0 Å². The van der Waals surface area contributed by atoms with Gasteiger partial charge in [-0.05, 0) is 81.8 Å². The maximum atomic E-state index is 14.7. The lowest BCUT2D eigenvalue weighted by Gasteiger charge is -2.33. The van der Waals surface area contributed by atoms with Crippen molar-refractivity contribution in [3.8, 4) is 0 Å². The van der Waals surface area contributed by atoms with Gasteiger partial charge in [0.2, 0.25) is 5.91 Å². The van der Waals surface area contributed by atoms with E-state index in [-0.39, 0.29) is 29.2 Å². The number of hydrogen-bond donors (Lipinski definition) is 1. The molecule has 0 radical (unpaired) electrons. The Bertz CT molecular complexity index is 1020. The number of amidine groups is 1. The third kappa shape index (κ3) is 5.11. The van der Waals surface area contributed by atoms with Gasteiger partial charge in [0.05, 0.1) is 0 Å². The number of hydrogen-bond acceptors (Lipinski definition) is 4. The lowest BCUT2D eigenvalue weighted by atomic mass is 9.92. The molecule has 0 aliphatic carbocycles. The molecule has 3 aliphatic heterocycles. The summed E-state index contributed by atoms with van der Waals surface area (Å²) >= 11 is 0. The molecule has 0 saturated carbocycles. The molecule has 1 aromatic rings. The van der Waals surface area contributed by atoms with Gasteiger partial charge in [-0.1, -0.05) is 30.9 Å². The normalized spacial score (nSPS) is 22.6. The summed E-state index contributed by atoms with van der Waals surface area (Å²) in [4.78, 5) is 20.8. The number of nitrogens with one attached hydrogen (secondary N) is 1. The third-order valence-electron chi connectivity index (χ3n) is 7.24. The van der Waals surface area contributed by atoms with Crippen molar-refractivity contribution in [2.75, 3.05) is 20.1 Å². The van der Waals surface area contributed by atoms with Crippen LogP contribution in [0.25, 0.3) is 0 Å². The molecule has 6 heteroatoms. The minimum atomic E-state index is -0.323. The molecule has 33 heavy (non-hydrogen) atoms. The number of piperidine rings is 1. The highest BCUT2D eigenvalue weighted by Gasteiger charge is 2.34. The van der Waals surface area contributed by atoms with Crippen molar-refractivity contribution in [3.05, 3.63) is 71.2 Å². The number of aryl methyl sites for hydroxylation is 1. The van der Waals surface area contributed by atoms with Gasteiger partial charge in [0, 0.05) is 36.9 Å². The molecule has 0 bridgehead atoms. The summed E-state index contributed by atoms with van der Waals surface area (Å²) in [7, 11) is 2.17. The topological polar surface area (TPSA) is 47.9 Å². The molecule has 0 aromatic heterocycles. The van der Waals surface area contributed by atoms with E-state index in [9.17, 15) is 9.18 Å². The van der Waals surface area contributed by atoms with Crippen molar-refractivity contribution >= 4 is 11.7 Å². The molecule has 5 nitrogen and oxygen atoms in total. The summed E-state index contributed by atoms with van der Waals surface area (Å²) < 4.78 is 14.7. The van der Waals surface area contributed by atoms with Crippen LogP contribution in [0.15, 0.2) is 59.5 Å². The van der Waals surface area contributed by atoms with Crippen LogP contribution in [0.5, 0.6) is 0 Å². The fraction of sp³-hybridized carbons (Fsp3) is 0.481. The second-order valence-corrected chi connectivity index (χ2v) is 9.82. The molecule has 0 spiro atoms. The summed E-state index contributed by atoms with van der Waals surface area (Å²) in [5.41, 5.74) is 5.04. The number of nitrogens with zero attached hydrogens (tertiary/aromatic N) is 3. The van der Waals surface area contributed by atoms with Crippen LogP contribution in [-0.4, -0.2) is 47.7 Å². The first-order valence-electron chi connectivity index (χ1n) is 11.9. The molecule has 0 unspecified atom stereocenters. The van der Waals surface area contributed by atoms with Gasteiger partial charge in [-0.3, -0.25) is 9.69 Å². The van der Waals surface area contributed by atoms with Gasteiger partial charge >= 0.3 is 0 Å². The third-order valence-corrected chi connectivity index (χ3v) is 7.24. The summed E-state index contributed by atoms with van der Waals surface area (Å²) in [6.07, 6.45) is 8.84. The van der Waals surface area contributed by atoms with Crippen molar-refractivity contribution in [2.24, 2.45) is 4.99 Å². The minimum absolute atomic E-state index is 0.0167. The molecular formula is C27H35FN4O. The second kappa shape index (κ2) is 9.64. The molecule has 1 amide bonds. The number of rotatable bonds is 5. The van der Waals surface area contributed by atoms with Crippen molar-refractivity contribution in [1.29, 1.82) is 0 Å². The smallest absolute Gasteiger partial charge is 0.246 e. The number of carbonyl (C=O) groups excluding carboxylic acids is 1. The lowest BCUT2D eigenvalue weighted by Crippen LogP contribution is -2.49. The Labute approximate surface area is 196 Å². The van der Waals surface area contributed by atoms with Crippen molar-refractivity contribution in [2.45, 2.75) is 64.1 Å². The molecule has 3 aliphatic rings. The minimum Gasteiger partial charge on any atom is -0.363 e. The largest absolute Gasteiger partial charge is 0.363 e. The number of halogens is 1. The fourth-order valence-corrected chi connectivity index (χ4v) is 4.98. The number of aliphatic imine (C=N–C) groups is 1. The molecule has 176 valence electrons. The SMILES string of the molecule is C=CC(=O)N1CCC[C@@H](NC2=NC(CCc3ccc4c(c3)CN(C)C4(C)C)=CCC=C2F)C1. The van der Waals surface area contributed by atoms with E-state index in [1.54, 1.807) is 11.0 Å². The van der Waals surface area contributed by atoms with Crippen LogP contribution < -0.4 is 5.32 Å². The Kier molecular flexibility index (Phi) is 6.84. The maximum Gasteiger partial charge on any atom is 0.246 e. The Hall–Kier alpha value is -2.73. The average molecular weight is 451 g/mol. The molecule has 1 atom stereocenters. The van der Waals surface area contributed by atoms with E-state index in [0.717, 1.165) is 37.9 Å². The van der Waals surface area contributed by atoms with Crippen LogP contribution >= 0.6 is 0 Å². The summed E-state index contributed by atoms with van der Waals surface area (Å²) in [5, 5.41) is 3.26. The van der Waals surface area contributed by atoms with Crippen LogP contribution in [0.1, 0.15) is 56.2 Å². The van der Waals surface area contributed by atoms with Crippen LogP contribution in [0.2, 0.25) is 0 Å². The van der Waals surface area contributed by atoms with Gasteiger partial charge in [-0.2, -0.15) is 0 Å². The number of allylic oxidation sites excluding steroid dienone is 3. The standard InChI is InChI=1S/C27H35FN4O/c1-5-25(33)32-15-7-9-22(18-32)30-26-24(28)10-6-8-21(29-26)13-11-19-12-14-23-20(16-19)17-31(4)27(23,2)3/h5,8,10,12,14,16,22H,1,6-7,9,11,13,15,17-18H2,2-4H3,(H,29,30)/t22-/m1/s1. The highest BCUT2D eigenvalue weighted by atomic mass is 19.1. The molecule has 1 saturated heterocycles. The Balaban J connectivity index is 1.41. The van der Waals surface area contributed by atoms with E-state index in [1.165, 1.54) is 22.8 Å². The van der Waals surface area contributed by atoms with E-state index in [2.05, 4.69) is 60.9 Å². The second-order valence-electron chi connectivity index (χ2n) is 9.82. The molecule has 1 fully saturated rings. The molecule has 1 aromatic carbocycles. The van der Waals surface area contributed by atoms with E-state index in [1.807, 2.05) is 6.08 Å². The van der Waals surface area contributed by atoms with Gasteiger partial charge < -0.3 is 10.2 Å². The number of carbonyl (C=O) groups is 1. The summed E-state index contributed by atoms with van der Waals surface area (Å²) in [6, 6.07) is 6.77. The zero-order valence-electron chi connectivity index (χ0n) is 20.0. The maximum absolute atomic E-state index is 14.7. The zero-order chi connectivity index (χ0) is 23.6. The van der Waals surface area contributed by atoms with Gasteiger partial charge in [-0.25, -0.2) is 9.38 Å². The van der Waals surface area contributed by atoms with E-state index in [0.29, 0.717) is 19.5 Å². The van der Waals surface area contributed by atoms with Crippen molar-refractivity contribution in [3.63, 3.8) is 0 Å². The highest BCUT2D eigenvalue weighted by Crippen LogP contribution is 2.37. The molecular weight excluding hydrogens is 415 g/mol. The Morgan fingerprint density at radius 1 is 1.33 bits per heavy atom. The van der Waals surface area contributed by atoms with Gasteiger partial charge in [0.15, 0.2) is 11.7 Å². The predicted molar refractivity (Wildman–Crippen MR) is 132 cm³/mol. The van der Waals surface area contributed by atoms with Crippen LogP contribution in [-0.2, 0) is 23.3 Å². The zero-order valence-corrected chi connectivity index (χ0v) is 20.0. The highest BCUT2D eigenvalue weighted by molar-refractivity contribution is 5.97. The first-order valence-corrected chi connectivity index (χ1v) is 11.9. The summed E-state index contributed by atoms with van der Waals surface area (Å²) in [5.74, 6) is -0.116. The lowest BCUT2D eigenvalue weighted by molar-refractivity contribution is -0.127. The van der Waals surface area contributed by atoms with Crippen molar-refractivity contribution < 1.29 is 9.18 Å². The van der Waals surface area contributed by atoms with Crippen LogP contribution in [0.3, 0.4) is 0 Å². The number of benzene rings is 1. The molecule has 1 N–H and O–H groups in total. The number of amides is 1.